The van der Waals surface area contributed by atoms with Gasteiger partial charge in [-0.25, -0.2) is 0 Å². The molecule has 0 spiro atoms. The molecule has 0 fully saturated rings. The van der Waals surface area contributed by atoms with Gasteiger partial charge in [0.1, 0.15) is 11.5 Å². The van der Waals surface area contributed by atoms with Gasteiger partial charge in [-0.05, 0) is 60.3 Å². The summed E-state index contributed by atoms with van der Waals surface area (Å²) in [5.74, 6) is 1.37. The highest BCUT2D eigenvalue weighted by atomic mass is 28.4. The van der Waals surface area contributed by atoms with Crippen LogP contribution in [0.3, 0.4) is 0 Å². The van der Waals surface area contributed by atoms with E-state index in [1.54, 1.807) is 6.07 Å². The Morgan fingerprint density at radius 3 is 1.62 bits per heavy atom. The second-order valence-electron chi connectivity index (χ2n) is 10.2. The van der Waals surface area contributed by atoms with Gasteiger partial charge in [0.2, 0.25) is 0 Å². The van der Waals surface area contributed by atoms with Gasteiger partial charge in [0, 0.05) is 0 Å². The molecule has 0 aromatic heterocycles. The van der Waals surface area contributed by atoms with Crippen molar-refractivity contribution in [3.05, 3.63) is 17.7 Å². The van der Waals surface area contributed by atoms with E-state index in [1.807, 2.05) is 13.0 Å². The van der Waals surface area contributed by atoms with E-state index < -0.39 is 23.8 Å². The first-order valence-corrected chi connectivity index (χ1v) is 15.1. The molecule has 26 heavy (non-hydrogen) atoms. The maximum absolute atomic E-state index is 9.72. The molecule has 0 saturated heterocycles. The van der Waals surface area contributed by atoms with Crippen molar-refractivity contribution in [1.29, 1.82) is 0 Å². The van der Waals surface area contributed by atoms with Crippen LogP contribution in [-0.4, -0.2) is 33.8 Å². The summed E-state index contributed by atoms with van der Waals surface area (Å²) < 4.78 is 13.1. The van der Waals surface area contributed by atoms with Gasteiger partial charge in [0.15, 0.2) is 0 Å². The maximum atomic E-state index is 9.72. The highest BCUT2D eigenvalue weighted by Gasteiger charge is 2.42. The third-order valence-electron chi connectivity index (χ3n) is 6.02. The summed E-state index contributed by atoms with van der Waals surface area (Å²) in [7, 11) is -5.70. The smallest absolute Gasteiger partial charge is 0.488 e. The summed E-state index contributed by atoms with van der Waals surface area (Å²) in [5.41, 5.74) is 1.20. The van der Waals surface area contributed by atoms with Crippen LogP contribution in [0, 0.1) is 6.92 Å². The largest absolute Gasteiger partial charge is 0.541 e. The van der Waals surface area contributed by atoms with Crippen molar-refractivity contribution in [3.63, 3.8) is 0 Å². The third-order valence-corrected chi connectivity index (χ3v) is 14.7. The minimum absolute atomic E-state index is 0.0293. The van der Waals surface area contributed by atoms with Gasteiger partial charge < -0.3 is 18.9 Å². The number of hydrogen-bond acceptors (Lipinski definition) is 4. The van der Waals surface area contributed by atoms with Crippen molar-refractivity contribution >= 4 is 29.2 Å². The van der Waals surface area contributed by atoms with Crippen LogP contribution in [0.15, 0.2) is 12.1 Å². The molecule has 0 aliphatic carbocycles. The van der Waals surface area contributed by atoms with E-state index in [2.05, 4.69) is 67.7 Å². The molecule has 0 amide bonds. The third kappa shape index (κ3) is 4.94. The first kappa shape index (κ1) is 23.3. The molecule has 4 nitrogen and oxygen atoms in total. The molecule has 2 N–H and O–H groups in total. The molecule has 0 radical (unpaired) electrons. The van der Waals surface area contributed by atoms with E-state index in [0.717, 1.165) is 5.56 Å². The van der Waals surface area contributed by atoms with Crippen LogP contribution >= 0.6 is 0 Å². The van der Waals surface area contributed by atoms with Crippen molar-refractivity contribution in [1.82, 2.24) is 0 Å². The molecule has 0 saturated carbocycles. The molecule has 7 heteroatoms. The van der Waals surface area contributed by atoms with E-state index in [1.165, 1.54) is 0 Å². The van der Waals surface area contributed by atoms with Crippen molar-refractivity contribution in [2.45, 2.75) is 84.7 Å². The summed E-state index contributed by atoms with van der Waals surface area (Å²) in [4.78, 5) is 0. The maximum Gasteiger partial charge on any atom is 0.488 e. The highest BCUT2D eigenvalue weighted by Crippen LogP contribution is 2.44. The Hall–Kier alpha value is -0.761. The second kappa shape index (κ2) is 7.34. The van der Waals surface area contributed by atoms with E-state index in [9.17, 15) is 10.0 Å². The van der Waals surface area contributed by atoms with Gasteiger partial charge in [-0.3, -0.25) is 0 Å². The zero-order valence-electron chi connectivity index (χ0n) is 18.4. The van der Waals surface area contributed by atoms with Crippen LogP contribution in [0.2, 0.25) is 36.3 Å². The van der Waals surface area contributed by atoms with Gasteiger partial charge >= 0.3 is 7.12 Å². The minimum Gasteiger partial charge on any atom is -0.541 e. The molecule has 1 aromatic carbocycles. The van der Waals surface area contributed by atoms with Crippen LogP contribution in [0.5, 0.6) is 11.5 Å². The quantitative estimate of drug-likeness (QED) is 0.723. The van der Waals surface area contributed by atoms with Gasteiger partial charge in [-0.2, -0.15) is 0 Å². The van der Waals surface area contributed by atoms with Crippen LogP contribution in [0.1, 0.15) is 47.1 Å². The van der Waals surface area contributed by atoms with E-state index in [0.29, 0.717) is 17.0 Å². The number of hydrogen-bond donors (Lipinski definition) is 2. The molecule has 1 rings (SSSR count). The fraction of sp³-hybridized carbons (Fsp3) is 0.684. The lowest BCUT2D eigenvalue weighted by molar-refractivity contribution is 0.422. The van der Waals surface area contributed by atoms with Crippen LogP contribution in [0.25, 0.3) is 0 Å². The normalized spacial score (nSPS) is 13.6. The lowest BCUT2D eigenvalue weighted by Crippen LogP contribution is -2.46. The summed E-state index contributed by atoms with van der Waals surface area (Å²) in [5, 5.41) is 19.5. The lowest BCUT2D eigenvalue weighted by atomic mass is 9.77. The second-order valence-corrected chi connectivity index (χ2v) is 19.7. The standard InChI is InChI=1S/C19H37BO4Si2/c1-14-15(20(21)22)12-13-16(23-25(8,9)18(2,3)4)17(14)24-26(10,11)19(5,6)7/h12-13,21-22H,1-11H3. The van der Waals surface area contributed by atoms with Gasteiger partial charge in [0.05, 0.1) is 0 Å². The van der Waals surface area contributed by atoms with Crippen molar-refractivity contribution in [3.8, 4) is 11.5 Å². The Labute approximate surface area is 162 Å². The average molecular weight is 396 g/mol. The summed E-state index contributed by atoms with van der Waals surface area (Å²) >= 11 is 0. The van der Waals surface area contributed by atoms with E-state index in [-0.39, 0.29) is 10.1 Å². The Bertz CT molecular complexity index is 644. The predicted molar refractivity (Wildman–Crippen MR) is 117 cm³/mol. The summed E-state index contributed by atoms with van der Waals surface area (Å²) in [6, 6.07) is 3.55. The molecule has 0 aliphatic heterocycles. The van der Waals surface area contributed by atoms with Crippen LogP contribution < -0.4 is 14.3 Å². The van der Waals surface area contributed by atoms with E-state index >= 15 is 0 Å². The first-order valence-electron chi connectivity index (χ1n) is 9.28. The summed E-state index contributed by atoms with van der Waals surface area (Å²) in [6.45, 7) is 23.8. The topological polar surface area (TPSA) is 58.9 Å². The molecule has 148 valence electrons. The van der Waals surface area contributed by atoms with Gasteiger partial charge in [0.25, 0.3) is 16.6 Å². The van der Waals surface area contributed by atoms with Crippen LogP contribution in [-0.2, 0) is 0 Å². The summed E-state index contributed by atoms with van der Waals surface area (Å²) in [6.07, 6.45) is 0. The zero-order chi connectivity index (χ0) is 20.7. The van der Waals surface area contributed by atoms with Crippen molar-refractivity contribution in [2.24, 2.45) is 0 Å². The Balaban J connectivity index is 3.51. The van der Waals surface area contributed by atoms with Gasteiger partial charge in [-0.1, -0.05) is 47.6 Å². The van der Waals surface area contributed by atoms with E-state index in [4.69, 9.17) is 8.85 Å². The molecular weight excluding hydrogens is 359 g/mol. The molecule has 0 aliphatic rings. The monoisotopic (exact) mass is 396 g/mol. The number of benzene rings is 1. The first-order chi connectivity index (χ1) is 11.4. The Morgan fingerprint density at radius 2 is 1.23 bits per heavy atom. The van der Waals surface area contributed by atoms with Crippen molar-refractivity contribution in [2.75, 3.05) is 0 Å². The predicted octanol–water partition coefficient (Wildman–Crippen LogP) is 4.44. The lowest BCUT2D eigenvalue weighted by Gasteiger charge is -2.40. The molecule has 1 aromatic rings. The average Bonchev–Trinajstić information content (AvgIpc) is 2.39. The van der Waals surface area contributed by atoms with Gasteiger partial charge in [-0.15, -0.1) is 0 Å². The molecular formula is C19H37BO4Si2. The van der Waals surface area contributed by atoms with Crippen LogP contribution in [0.4, 0.5) is 0 Å². The molecule has 0 heterocycles. The number of rotatable bonds is 5. The molecule has 0 bridgehead atoms. The Kier molecular flexibility index (Phi) is 6.57. The minimum atomic E-state index is -2.12. The zero-order valence-corrected chi connectivity index (χ0v) is 20.4. The highest BCUT2D eigenvalue weighted by molar-refractivity contribution is 6.75. The SMILES string of the molecule is Cc1c(B(O)O)ccc(O[Si](C)(C)C(C)(C)C)c1O[Si](C)(C)C(C)(C)C. The fourth-order valence-corrected chi connectivity index (χ4v) is 4.09. The molecule has 0 unspecified atom stereocenters. The van der Waals surface area contributed by atoms with Crippen molar-refractivity contribution < 1.29 is 18.9 Å². The Morgan fingerprint density at radius 1 is 0.808 bits per heavy atom. The molecule has 0 atom stereocenters. The fourth-order valence-electron chi connectivity index (χ4n) is 2.01.